The van der Waals surface area contributed by atoms with Gasteiger partial charge in [0.05, 0.1) is 17.7 Å². The fourth-order valence-electron chi connectivity index (χ4n) is 1.54. The van der Waals surface area contributed by atoms with E-state index >= 15 is 0 Å². The Morgan fingerprint density at radius 3 is 2.50 bits per heavy atom. The standard InChI is InChI=1S/C14H20ClFN2O2/c1-8(2)9(3)17-14(20)18-13(7-19)10-4-5-11(15)12(16)6-10/h4-6,8-9,13,19H,7H2,1-3H3,(H2,17,18,20). The first-order valence-electron chi connectivity index (χ1n) is 6.48. The Bertz CT molecular complexity index is 468. The Kier molecular flexibility index (Phi) is 6.23. The van der Waals surface area contributed by atoms with Crippen molar-refractivity contribution in [3.8, 4) is 0 Å². The second-order valence-electron chi connectivity index (χ2n) is 5.06. The van der Waals surface area contributed by atoms with Gasteiger partial charge in [0.1, 0.15) is 5.82 Å². The third-order valence-electron chi connectivity index (χ3n) is 3.19. The summed E-state index contributed by atoms with van der Waals surface area (Å²) in [5.41, 5.74) is 0.460. The number of amides is 2. The van der Waals surface area contributed by atoms with E-state index in [2.05, 4.69) is 10.6 Å². The van der Waals surface area contributed by atoms with Crippen LogP contribution in [0.3, 0.4) is 0 Å². The molecule has 20 heavy (non-hydrogen) atoms. The van der Waals surface area contributed by atoms with E-state index in [1.54, 1.807) is 6.07 Å². The van der Waals surface area contributed by atoms with E-state index in [0.717, 1.165) is 0 Å². The smallest absolute Gasteiger partial charge is 0.315 e. The van der Waals surface area contributed by atoms with Gasteiger partial charge in [-0.2, -0.15) is 0 Å². The monoisotopic (exact) mass is 302 g/mol. The van der Waals surface area contributed by atoms with Crippen LogP contribution in [0.4, 0.5) is 9.18 Å². The lowest BCUT2D eigenvalue weighted by atomic mass is 10.1. The van der Waals surface area contributed by atoms with E-state index in [-0.39, 0.29) is 17.7 Å². The van der Waals surface area contributed by atoms with Crippen LogP contribution in [0.5, 0.6) is 0 Å². The van der Waals surface area contributed by atoms with E-state index in [4.69, 9.17) is 11.6 Å². The number of aliphatic hydroxyl groups is 1. The Morgan fingerprint density at radius 1 is 1.35 bits per heavy atom. The van der Waals surface area contributed by atoms with Gasteiger partial charge in [-0.05, 0) is 30.5 Å². The predicted molar refractivity (Wildman–Crippen MR) is 77.2 cm³/mol. The molecule has 0 heterocycles. The Balaban J connectivity index is 2.71. The molecule has 0 aliphatic carbocycles. The summed E-state index contributed by atoms with van der Waals surface area (Å²) in [6.07, 6.45) is 0. The summed E-state index contributed by atoms with van der Waals surface area (Å²) in [5, 5.41) is 14.7. The number of hydrogen-bond donors (Lipinski definition) is 3. The molecule has 0 aliphatic heterocycles. The van der Waals surface area contributed by atoms with Crippen LogP contribution in [0.1, 0.15) is 32.4 Å². The highest BCUT2D eigenvalue weighted by atomic mass is 35.5. The fraction of sp³-hybridized carbons (Fsp3) is 0.500. The van der Waals surface area contributed by atoms with Crippen molar-refractivity contribution < 1.29 is 14.3 Å². The molecule has 0 radical (unpaired) electrons. The zero-order valence-electron chi connectivity index (χ0n) is 11.8. The van der Waals surface area contributed by atoms with Crippen LogP contribution in [-0.2, 0) is 0 Å². The van der Waals surface area contributed by atoms with Crippen molar-refractivity contribution in [3.05, 3.63) is 34.6 Å². The topological polar surface area (TPSA) is 61.4 Å². The predicted octanol–water partition coefficient (Wildman–Crippen LogP) is 2.86. The number of halogens is 2. The van der Waals surface area contributed by atoms with Gasteiger partial charge < -0.3 is 15.7 Å². The van der Waals surface area contributed by atoms with E-state index in [1.165, 1.54) is 12.1 Å². The number of nitrogens with one attached hydrogen (secondary N) is 2. The molecule has 0 bridgehead atoms. The molecule has 1 rings (SSSR count). The van der Waals surface area contributed by atoms with Crippen molar-refractivity contribution >= 4 is 17.6 Å². The highest BCUT2D eigenvalue weighted by Gasteiger charge is 2.17. The van der Waals surface area contributed by atoms with E-state index in [0.29, 0.717) is 11.5 Å². The second kappa shape index (κ2) is 7.45. The van der Waals surface area contributed by atoms with Crippen molar-refractivity contribution in [1.29, 1.82) is 0 Å². The molecular weight excluding hydrogens is 283 g/mol. The zero-order chi connectivity index (χ0) is 15.3. The number of urea groups is 1. The highest BCUT2D eigenvalue weighted by Crippen LogP contribution is 2.20. The second-order valence-corrected chi connectivity index (χ2v) is 5.47. The number of hydrogen-bond acceptors (Lipinski definition) is 2. The van der Waals surface area contributed by atoms with Crippen LogP contribution < -0.4 is 10.6 Å². The van der Waals surface area contributed by atoms with Crippen LogP contribution in [0, 0.1) is 11.7 Å². The first kappa shape index (κ1) is 16.7. The summed E-state index contributed by atoms with van der Waals surface area (Å²) >= 11 is 5.60. The molecule has 2 amide bonds. The van der Waals surface area contributed by atoms with Crippen LogP contribution >= 0.6 is 11.6 Å². The molecule has 3 N–H and O–H groups in total. The SMILES string of the molecule is CC(C)C(C)NC(=O)NC(CO)c1ccc(Cl)c(F)c1. The molecule has 2 unspecified atom stereocenters. The molecule has 112 valence electrons. The average Bonchev–Trinajstić information content (AvgIpc) is 2.39. The van der Waals surface area contributed by atoms with Crippen molar-refractivity contribution in [2.75, 3.05) is 6.61 Å². The van der Waals surface area contributed by atoms with Crippen molar-refractivity contribution in [1.82, 2.24) is 10.6 Å². The van der Waals surface area contributed by atoms with Crippen molar-refractivity contribution in [2.45, 2.75) is 32.9 Å². The quantitative estimate of drug-likeness (QED) is 0.783. The third kappa shape index (κ3) is 4.65. The lowest BCUT2D eigenvalue weighted by Crippen LogP contribution is -2.44. The molecule has 0 aromatic heterocycles. The van der Waals surface area contributed by atoms with E-state index in [1.807, 2.05) is 20.8 Å². The summed E-state index contributed by atoms with van der Waals surface area (Å²) in [5.74, 6) is -0.290. The first-order valence-corrected chi connectivity index (χ1v) is 6.85. The van der Waals surface area contributed by atoms with Crippen LogP contribution in [0.2, 0.25) is 5.02 Å². The minimum absolute atomic E-state index is 0.00308. The van der Waals surface area contributed by atoms with Crippen LogP contribution in [-0.4, -0.2) is 23.8 Å². The summed E-state index contributed by atoms with van der Waals surface area (Å²) < 4.78 is 13.4. The van der Waals surface area contributed by atoms with Gasteiger partial charge in [0.25, 0.3) is 0 Å². The van der Waals surface area contributed by atoms with Gasteiger partial charge in [-0.15, -0.1) is 0 Å². The molecule has 1 aromatic rings. The minimum Gasteiger partial charge on any atom is -0.394 e. The summed E-state index contributed by atoms with van der Waals surface area (Å²) in [6.45, 7) is 5.54. The normalized spacial score (nSPS) is 13.9. The number of aliphatic hydroxyl groups excluding tert-OH is 1. The largest absolute Gasteiger partial charge is 0.394 e. The number of carbonyl (C=O) groups is 1. The molecule has 0 spiro atoms. The number of benzene rings is 1. The Labute approximate surface area is 123 Å². The molecule has 0 aliphatic rings. The summed E-state index contributed by atoms with van der Waals surface area (Å²) in [4.78, 5) is 11.8. The molecule has 0 fully saturated rings. The first-order chi connectivity index (χ1) is 9.35. The summed E-state index contributed by atoms with van der Waals surface area (Å²) in [7, 11) is 0. The molecule has 0 saturated carbocycles. The molecule has 4 nitrogen and oxygen atoms in total. The maximum absolute atomic E-state index is 13.4. The number of carbonyl (C=O) groups excluding carboxylic acids is 1. The Morgan fingerprint density at radius 2 is 2.00 bits per heavy atom. The van der Waals surface area contributed by atoms with E-state index in [9.17, 15) is 14.3 Å². The van der Waals surface area contributed by atoms with Crippen LogP contribution in [0.15, 0.2) is 18.2 Å². The van der Waals surface area contributed by atoms with Gasteiger partial charge in [0, 0.05) is 6.04 Å². The molecule has 6 heteroatoms. The van der Waals surface area contributed by atoms with Gasteiger partial charge >= 0.3 is 6.03 Å². The minimum atomic E-state index is -0.680. The lowest BCUT2D eigenvalue weighted by Gasteiger charge is -2.21. The Hall–Kier alpha value is -1.33. The van der Waals surface area contributed by atoms with Gasteiger partial charge in [-0.1, -0.05) is 31.5 Å². The number of rotatable bonds is 5. The molecule has 0 saturated heterocycles. The van der Waals surface area contributed by atoms with Crippen LogP contribution in [0.25, 0.3) is 0 Å². The molecule has 2 atom stereocenters. The van der Waals surface area contributed by atoms with Crippen molar-refractivity contribution in [2.24, 2.45) is 5.92 Å². The molecular formula is C14H20ClFN2O2. The fourth-order valence-corrected chi connectivity index (χ4v) is 1.65. The summed E-state index contributed by atoms with van der Waals surface area (Å²) in [6, 6.07) is 3.08. The lowest BCUT2D eigenvalue weighted by molar-refractivity contribution is 0.212. The third-order valence-corrected chi connectivity index (χ3v) is 3.50. The van der Waals surface area contributed by atoms with Gasteiger partial charge in [0.15, 0.2) is 0 Å². The average molecular weight is 303 g/mol. The van der Waals surface area contributed by atoms with Gasteiger partial charge in [-0.25, -0.2) is 9.18 Å². The van der Waals surface area contributed by atoms with Gasteiger partial charge in [-0.3, -0.25) is 0 Å². The van der Waals surface area contributed by atoms with E-state index < -0.39 is 17.9 Å². The maximum Gasteiger partial charge on any atom is 0.315 e. The zero-order valence-corrected chi connectivity index (χ0v) is 12.5. The van der Waals surface area contributed by atoms with Gasteiger partial charge in [0.2, 0.25) is 0 Å². The maximum atomic E-state index is 13.4. The molecule has 1 aromatic carbocycles. The van der Waals surface area contributed by atoms with Crippen molar-refractivity contribution in [3.63, 3.8) is 0 Å². The highest BCUT2D eigenvalue weighted by molar-refractivity contribution is 6.30.